The van der Waals surface area contributed by atoms with Crippen molar-refractivity contribution in [3.63, 3.8) is 0 Å². The van der Waals surface area contributed by atoms with E-state index in [1.807, 2.05) is 13.0 Å². The van der Waals surface area contributed by atoms with Crippen LogP contribution in [-0.2, 0) is 9.59 Å². The Morgan fingerprint density at radius 1 is 0.818 bits per heavy atom. The lowest BCUT2D eigenvalue weighted by atomic mass is 10.1. The smallest absolute Gasteiger partial charge is 0.272 e. The van der Waals surface area contributed by atoms with E-state index in [4.69, 9.17) is 21.1 Å². The molecule has 0 bridgehead atoms. The molecule has 1 unspecified atom stereocenters. The number of hydrogen-bond donors (Lipinski definition) is 3. The highest BCUT2D eigenvalue weighted by atomic mass is 35.5. The molecule has 10 heteroatoms. The summed E-state index contributed by atoms with van der Waals surface area (Å²) in [6, 6.07) is 27.9. The van der Waals surface area contributed by atoms with Crippen molar-refractivity contribution in [2.45, 2.75) is 23.5 Å². The summed E-state index contributed by atoms with van der Waals surface area (Å²) in [5.41, 5.74) is 2.20. The highest BCUT2D eigenvalue weighted by Gasteiger charge is 2.20. The predicted molar refractivity (Wildman–Crippen MR) is 177 cm³/mol. The number of carbonyl (C=O) groups is 3. The van der Waals surface area contributed by atoms with Gasteiger partial charge in [-0.3, -0.25) is 14.4 Å². The van der Waals surface area contributed by atoms with Gasteiger partial charge in [-0.25, -0.2) is 0 Å². The molecule has 3 amide bonds. The van der Waals surface area contributed by atoms with Crippen LogP contribution < -0.4 is 25.4 Å². The number of rotatable bonds is 12. The quantitative estimate of drug-likeness (QED) is 0.112. The van der Waals surface area contributed by atoms with Crippen molar-refractivity contribution >= 4 is 58.5 Å². The molecule has 0 heterocycles. The zero-order valence-corrected chi connectivity index (χ0v) is 26.0. The third-order valence-corrected chi connectivity index (χ3v) is 8.00. The van der Waals surface area contributed by atoms with Gasteiger partial charge in [0.25, 0.3) is 11.8 Å². The van der Waals surface area contributed by atoms with Crippen LogP contribution in [0.15, 0.2) is 108 Å². The van der Waals surface area contributed by atoms with Gasteiger partial charge < -0.3 is 25.4 Å². The topological polar surface area (TPSA) is 106 Å². The molecule has 3 N–H and O–H groups in total. The lowest BCUT2D eigenvalue weighted by Gasteiger charge is -2.16. The van der Waals surface area contributed by atoms with Crippen molar-refractivity contribution in [1.82, 2.24) is 5.32 Å². The number of thioether (sulfide) groups is 1. The zero-order chi connectivity index (χ0) is 31.5. The van der Waals surface area contributed by atoms with E-state index in [2.05, 4.69) is 16.0 Å². The Hall–Kier alpha value is -4.73. The van der Waals surface area contributed by atoms with Gasteiger partial charge in [0.2, 0.25) is 5.91 Å². The number of methoxy groups -OCH3 is 2. The first-order valence-corrected chi connectivity index (χ1v) is 15.0. The summed E-state index contributed by atoms with van der Waals surface area (Å²) in [7, 11) is 3.05. The molecule has 0 aliphatic carbocycles. The Morgan fingerprint density at radius 2 is 1.55 bits per heavy atom. The van der Waals surface area contributed by atoms with Crippen LogP contribution in [0.2, 0.25) is 5.02 Å². The van der Waals surface area contributed by atoms with Crippen LogP contribution in [0.25, 0.3) is 6.08 Å². The molecule has 4 rings (SSSR count). The Labute approximate surface area is 265 Å². The monoisotopic (exact) mass is 629 g/mol. The first kappa shape index (κ1) is 32.2. The Morgan fingerprint density at radius 3 is 2.23 bits per heavy atom. The second kappa shape index (κ2) is 15.7. The molecule has 0 saturated heterocycles. The van der Waals surface area contributed by atoms with E-state index >= 15 is 0 Å². The van der Waals surface area contributed by atoms with E-state index in [1.165, 1.54) is 26.0 Å². The molecule has 0 aliphatic heterocycles. The summed E-state index contributed by atoms with van der Waals surface area (Å²) in [5, 5.41) is 8.74. The normalized spacial score (nSPS) is 11.7. The number of ether oxygens (including phenoxy) is 2. The van der Waals surface area contributed by atoms with Gasteiger partial charge in [-0.15, -0.1) is 11.8 Å². The molecule has 44 heavy (non-hydrogen) atoms. The molecule has 8 nitrogen and oxygen atoms in total. The average Bonchev–Trinajstić information content (AvgIpc) is 3.04. The van der Waals surface area contributed by atoms with Crippen molar-refractivity contribution in [2.24, 2.45) is 0 Å². The van der Waals surface area contributed by atoms with E-state index < -0.39 is 11.8 Å². The summed E-state index contributed by atoms with van der Waals surface area (Å²) in [6.45, 7) is 1.94. The van der Waals surface area contributed by atoms with Gasteiger partial charge in [0, 0.05) is 26.9 Å². The third-order valence-electron chi connectivity index (χ3n) is 6.39. The number of hydrogen-bond acceptors (Lipinski definition) is 6. The summed E-state index contributed by atoms with van der Waals surface area (Å²) in [6.07, 6.45) is 2.15. The molecule has 0 saturated carbocycles. The predicted octanol–water partition coefficient (Wildman–Crippen LogP) is 7.28. The fraction of sp³-hybridized carbons (Fsp3) is 0.147. The molecule has 1 atom stereocenters. The van der Waals surface area contributed by atoms with Crippen LogP contribution in [0.5, 0.6) is 11.5 Å². The number of anilines is 2. The molecule has 0 spiro atoms. The summed E-state index contributed by atoms with van der Waals surface area (Å²) in [5.74, 6) is -0.0951. The molecule has 0 radical (unpaired) electrons. The van der Waals surface area contributed by atoms with Crippen LogP contribution in [0.4, 0.5) is 11.4 Å². The minimum absolute atomic E-state index is 0.0258. The number of carbonyl (C=O) groups excluding carboxylic acids is 3. The molecule has 4 aromatic rings. The van der Waals surface area contributed by atoms with Crippen molar-refractivity contribution in [3.05, 3.63) is 119 Å². The van der Waals surface area contributed by atoms with E-state index in [9.17, 15) is 14.4 Å². The zero-order valence-electron chi connectivity index (χ0n) is 24.4. The van der Waals surface area contributed by atoms with Crippen molar-refractivity contribution in [2.75, 3.05) is 24.9 Å². The molecule has 0 aliphatic rings. The maximum Gasteiger partial charge on any atom is 0.272 e. The van der Waals surface area contributed by atoms with Crippen molar-refractivity contribution in [1.29, 1.82) is 0 Å². The highest BCUT2D eigenvalue weighted by Crippen LogP contribution is 2.30. The van der Waals surface area contributed by atoms with Crippen LogP contribution in [-0.4, -0.2) is 37.2 Å². The molecule has 0 fully saturated rings. The van der Waals surface area contributed by atoms with Crippen LogP contribution >= 0.6 is 23.4 Å². The van der Waals surface area contributed by atoms with Gasteiger partial charge >= 0.3 is 0 Å². The van der Waals surface area contributed by atoms with Gasteiger partial charge in [0.15, 0.2) is 11.5 Å². The first-order valence-electron chi connectivity index (χ1n) is 13.7. The van der Waals surface area contributed by atoms with E-state index in [0.717, 1.165) is 4.90 Å². The fourth-order valence-corrected chi connectivity index (χ4v) is 5.28. The summed E-state index contributed by atoms with van der Waals surface area (Å²) < 4.78 is 10.7. The molecular formula is C34H32ClN3O5S. The van der Waals surface area contributed by atoms with Gasteiger partial charge in [0.05, 0.1) is 19.5 Å². The maximum atomic E-state index is 13.6. The second-order valence-electron chi connectivity index (χ2n) is 9.49. The molecule has 0 aromatic heterocycles. The lowest BCUT2D eigenvalue weighted by Crippen LogP contribution is -2.30. The van der Waals surface area contributed by atoms with Crippen LogP contribution in [0.3, 0.4) is 0 Å². The SMILES string of the molecule is CCC(Sc1cccc(NC(=O)/C(=C\c2ccc(OC)c(OC)c2)NC(=O)c2ccccc2)c1)C(=O)Nc1ccc(Cl)cc1. The molecular weight excluding hydrogens is 598 g/mol. The van der Waals surface area contributed by atoms with Crippen molar-refractivity contribution in [3.8, 4) is 11.5 Å². The fourth-order valence-electron chi connectivity index (χ4n) is 4.14. The standard InChI is InChI=1S/C34H32ClN3O5S/c1-4-31(34(41)36-25-16-14-24(35)15-17-25)44-27-12-8-11-26(21-27)37-33(40)28(38-32(39)23-9-6-5-7-10-23)19-22-13-18-29(42-2)30(20-22)43-3/h5-21,31H,4H2,1-3H3,(H,36,41)(H,37,40)(H,38,39)/b28-19+. The summed E-state index contributed by atoms with van der Waals surface area (Å²) in [4.78, 5) is 40.3. The molecule has 226 valence electrons. The van der Waals surface area contributed by atoms with Gasteiger partial charge in [0.1, 0.15) is 5.70 Å². The number of halogens is 1. The van der Waals surface area contributed by atoms with Crippen LogP contribution in [0, 0.1) is 0 Å². The minimum Gasteiger partial charge on any atom is -0.493 e. The lowest BCUT2D eigenvalue weighted by molar-refractivity contribution is -0.116. The van der Waals surface area contributed by atoms with Gasteiger partial charge in [-0.2, -0.15) is 0 Å². The van der Waals surface area contributed by atoms with Crippen LogP contribution in [0.1, 0.15) is 29.3 Å². The number of nitrogens with one attached hydrogen (secondary N) is 3. The van der Waals surface area contributed by atoms with E-state index in [0.29, 0.717) is 45.4 Å². The largest absolute Gasteiger partial charge is 0.493 e. The Bertz CT molecular complexity index is 1640. The third kappa shape index (κ3) is 8.89. The summed E-state index contributed by atoms with van der Waals surface area (Å²) >= 11 is 7.34. The number of amides is 3. The highest BCUT2D eigenvalue weighted by molar-refractivity contribution is 8.00. The van der Waals surface area contributed by atoms with E-state index in [-0.39, 0.29) is 16.9 Å². The maximum absolute atomic E-state index is 13.6. The molecule has 4 aromatic carbocycles. The van der Waals surface area contributed by atoms with Gasteiger partial charge in [-0.05, 0) is 84.8 Å². The van der Waals surface area contributed by atoms with E-state index in [1.54, 1.807) is 97.1 Å². The average molecular weight is 630 g/mol. The second-order valence-corrected chi connectivity index (χ2v) is 11.2. The van der Waals surface area contributed by atoms with Crippen molar-refractivity contribution < 1.29 is 23.9 Å². The first-order chi connectivity index (χ1) is 21.3. The van der Waals surface area contributed by atoms with Gasteiger partial charge in [-0.1, -0.05) is 48.9 Å². The minimum atomic E-state index is -0.529. The Kier molecular flexibility index (Phi) is 11.5. The number of benzene rings is 4. The Balaban J connectivity index is 1.53.